The van der Waals surface area contributed by atoms with E-state index in [0.717, 1.165) is 48.4 Å². The van der Waals surface area contributed by atoms with Gasteiger partial charge < -0.3 is 14.5 Å². The van der Waals surface area contributed by atoms with Gasteiger partial charge in [0.15, 0.2) is 0 Å². The SMILES string of the molecule is COc1ccc2c(C)cc(N3CCC(N(C)C(=O)C(C)(C)C)CC3)nc2c1. The van der Waals surface area contributed by atoms with Gasteiger partial charge in [-0.25, -0.2) is 4.98 Å². The van der Waals surface area contributed by atoms with Gasteiger partial charge in [0.1, 0.15) is 11.6 Å². The molecule has 1 aromatic carbocycles. The molecule has 27 heavy (non-hydrogen) atoms. The number of benzene rings is 1. The summed E-state index contributed by atoms with van der Waals surface area (Å²) in [5.74, 6) is 2.05. The number of piperidine rings is 1. The average Bonchev–Trinajstić information content (AvgIpc) is 2.65. The molecule has 1 aromatic heterocycles. The summed E-state index contributed by atoms with van der Waals surface area (Å²) in [6, 6.07) is 8.51. The van der Waals surface area contributed by atoms with Crippen LogP contribution in [0.5, 0.6) is 5.75 Å². The molecule has 5 heteroatoms. The molecule has 0 spiro atoms. The zero-order chi connectivity index (χ0) is 19.8. The Labute approximate surface area is 162 Å². The highest BCUT2D eigenvalue weighted by Gasteiger charge is 2.31. The number of aromatic nitrogens is 1. The van der Waals surface area contributed by atoms with Crippen LogP contribution in [0.2, 0.25) is 0 Å². The maximum absolute atomic E-state index is 12.6. The molecule has 1 aliphatic rings. The fraction of sp³-hybridized carbons (Fsp3) is 0.545. The Morgan fingerprint density at radius 1 is 1.22 bits per heavy atom. The Balaban J connectivity index is 1.75. The lowest BCUT2D eigenvalue weighted by Gasteiger charge is -2.39. The van der Waals surface area contributed by atoms with Crippen molar-refractivity contribution < 1.29 is 9.53 Å². The third-order valence-electron chi connectivity index (χ3n) is 5.51. The van der Waals surface area contributed by atoms with Crippen LogP contribution >= 0.6 is 0 Å². The van der Waals surface area contributed by atoms with Crippen molar-refractivity contribution >= 4 is 22.6 Å². The predicted molar refractivity (Wildman–Crippen MR) is 110 cm³/mol. The average molecular weight is 370 g/mol. The van der Waals surface area contributed by atoms with E-state index < -0.39 is 0 Å². The molecule has 5 nitrogen and oxygen atoms in total. The highest BCUT2D eigenvalue weighted by molar-refractivity contribution is 5.85. The van der Waals surface area contributed by atoms with Crippen LogP contribution in [0.1, 0.15) is 39.2 Å². The van der Waals surface area contributed by atoms with E-state index in [0.29, 0.717) is 6.04 Å². The van der Waals surface area contributed by atoms with Crippen molar-refractivity contribution in [3.63, 3.8) is 0 Å². The largest absolute Gasteiger partial charge is 0.497 e. The van der Waals surface area contributed by atoms with Crippen molar-refractivity contribution in [1.29, 1.82) is 0 Å². The summed E-state index contributed by atoms with van der Waals surface area (Å²) < 4.78 is 5.35. The van der Waals surface area contributed by atoms with E-state index in [1.54, 1.807) is 7.11 Å². The number of ether oxygens (including phenoxy) is 1. The number of carbonyl (C=O) groups is 1. The molecular formula is C22H31N3O2. The van der Waals surface area contributed by atoms with Gasteiger partial charge in [-0.1, -0.05) is 20.8 Å². The monoisotopic (exact) mass is 369 g/mol. The quantitative estimate of drug-likeness (QED) is 0.820. The summed E-state index contributed by atoms with van der Waals surface area (Å²) in [5.41, 5.74) is 1.85. The van der Waals surface area contributed by atoms with Crippen molar-refractivity contribution in [2.75, 3.05) is 32.1 Å². The van der Waals surface area contributed by atoms with Crippen molar-refractivity contribution in [1.82, 2.24) is 9.88 Å². The van der Waals surface area contributed by atoms with E-state index in [2.05, 4.69) is 24.0 Å². The maximum atomic E-state index is 12.6. The van der Waals surface area contributed by atoms with Crippen molar-refractivity contribution in [2.24, 2.45) is 5.41 Å². The van der Waals surface area contributed by atoms with Crippen LogP contribution in [-0.4, -0.2) is 49.1 Å². The van der Waals surface area contributed by atoms with Gasteiger partial charge in [0, 0.05) is 43.0 Å². The number of amides is 1. The van der Waals surface area contributed by atoms with Gasteiger partial charge in [0.25, 0.3) is 0 Å². The second-order valence-electron chi connectivity index (χ2n) is 8.56. The van der Waals surface area contributed by atoms with Crippen molar-refractivity contribution in [2.45, 2.75) is 46.6 Å². The molecule has 0 unspecified atom stereocenters. The number of fused-ring (bicyclic) bond motifs is 1. The Kier molecular flexibility index (Phi) is 5.31. The van der Waals surface area contributed by atoms with Crippen molar-refractivity contribution in [3.8, 4) is 5.75 Å². The third-order valence-corrected chi connectivity index (χ3v) is 5.51. The number of anilines is 1. The number of methoxy groups -OCH3 is 1. The number of aryl methyl sites for hydroxylation is 1. The normalized spacial score (nSPS) is 15.9. The molecule has 1 amide bonds. The minimum atomic E-state index is -0.331. The van der Waals surface area contributed by atoms with Gasteiger partial charge in [0.2, 0.25) is 5.91 Å². The second-order valence-corrected chi connectivity index (χ2v) is 8.56. The summed E-state index contributed by atoms with van der Waals surface area (Å²) in [6.45, 7) is 9.90. The smallest absolute Gasteiger partial charge is 0.227 e. The summed E-state index contributed by atoms with van der Waals surface area (Å²) in [6.07, 6.45) is 1.93. The molecule has 0 saturated carbocycles. The molecule has 1 aliphatic heterocycles. The second kappa shape index (κ2) is 7.37. The molecule has 0 atom stereocenters. The van der Waals surface area contributed by atoms with Gasteiger partial charge in [-0.3, -0.25) is 4.79 Å². The number of carbonyl (C=O) groups excluding carboxylic acids is 1. The van der Waals surface area contributed by atoms with Crippen molar-refractivity contribution in [3.05, 3.63) is 29.8 Å². The van der Waals surface area contributed by atoms with Crippen LogP contribution in [0, 0.1) is 12.3 Å². The first kappa shape index (κ1) is 19.5. The van der Waals surface area contributed by atoms with Crippen LogP contribution in [-0.2, 0) is 4.79 Å². The third kappa shape index (κ3) is 4.02. The standard InChI is InChI=1S/C22H31N3O2/c1-15-13-20(23-19-14-17(27-6)7-8-18(15)19)25-11-9-16(10-12-25)24(5)21(26)22(2,3)4/h7-8,13-14,16H,9-12H2,1-6H3. The fourth-order valence-electron chi connectivity index (χ4n) is 3.83. The fourth-order valence-corrected chi connectivity index (χ4v) is 3.83. The molecule has 0 aliphatic carbocycles. The lowest BCUT2D eigenvalue weighted by atomic mass is 9.92. The van der Waals surface area contributed by atoms with Gasteiger partial charge in [-0.2, -0.15) is 0 Å². The van der Waals surface area contributed by atoms with Gasteiger partial charge in [0.05, 0.1) is 12.6 Å². The van der Waals surface area contributed by atoms with Crippen LogP contribution < -0.4 is 9.64 Å². The zero-order valence-electron chi connectivity index (χ0n) is 17.4. The molecule has 0 radical (unpaired) electrons. The van der Waals surface area contributed by atoms with E-state index >= 15 is 0 Å². The Morgan fingerprint density at radius 2 is 1.89 bits per heavy atom. The first-order valence-corrected chi connectivity index (χ1v) is 9.68. The molecular weight excluding hydrogens is 338 g/mol. The minimum Gasteiger partial charge on any atom is -0.497 e. The lowest BCUT2D eigenvalue weighted by Crippen LogP contribution is -2.48. The maximum Gasteiger partial charge on any atom is 0.227 e. The number of nitrogens with zero attached hydrogens (tertiary/aromatic N) is 3. The van der Waals surface area contributed by atoms with Crippen LogP contribution in [0.4, 0.5) is 5.82 Å². The van der Waals surface area contributed by atoms with E-state index in [9.17, 15) is 4.79 Å². The van der Waals surface area contributed by atoms with Gasteiger partial charge >= 0.3 is 0 Å². The molecule has 1 fully saturated rings. The van der Waals surface area contributed by atoms with Crippen LogP contribution in [0.3, 0.4) is 0 Å². The van der Waals surface area contributed by atoms with E-state index in [1.807, 2.05) is 44.9 Å². The highest BCUT2D eigenvalue weighted by Crippen LogP contribution is 2.29. The first-order valence-electron chi connectivity index (χ1n) is 9.68. The molecule has 2 heterocycles. The van der Waals surface area contributed by atoms with E-state index in [1.165, 1.54) is 5.56 Å². The summed E-state index contributed by atoms with van der Waals surface area (Å²) in [4.78, 5) is 21.7. The number of hydrogen-bond donors (Lipinski definition) is 0. The molecule has 1 saturated heterocycles. The van der Waals surface area contributed by atoms with Gasteiger partial charge in [-0.05, 0) is 43.5 Å². The molecule has 3 rings (SSSR count). The van der Waals surface area contributed by atoms with E-state index in [-0.39, 0.29) is 11.3 Å². The highest BCUT2D eigenvalue weighted by atomic mass is 16.5. The summed E-state index contributed by atoms with van der Waals surface area (Å²) in [5, 5.41) is 1.16. The van der Waals surface area contributed by atoms with E-state index in [4.69, 9.17) is 9.72 Å². The number of pyridine rings is 1. The Morgan fingerprint density at radius 3 is 2.48 bits per heavy atom. The summed E-state index contributed by atoms with van der Waals surface area (Å²) >= 11 is 0. The van der Waals surface area contributed by atoms with Gasteiger partial charge in [-0.15, -0.1) is 0 Å². The van der Waals surface area contributed by atoms with Crippen LogP contribution in [0.25, 0.3) is 10.9 Å². The summed E-state index contributed by atoms with van der Waals surface area (Å²) in [7, 11) is 3.62. The predicted octanol–water partition coefficient (Wildman–Crippen LogP) is 4.03. The topological polar surface area (TPSA) is 45.7 Å². The number of rotatable bonds is 3. The molecule has 0 bridgehead atoms. The Bertz CT molecular complexity index is 833. The van der Waals surface area contributed by atoms with Crippen LogP contribution in [0.15, 0.2) is 24.3 Å². The molecule has 0 N–H and O–H groups in total. The first-order chi connectivity index (χ1) is 12.7. The molecule has 146 valence electrons. The lowest BCUT2D eigenvalue weighted by molar-refractivity contribution is -0.140. The Hall–Kier alpha value is -2.30. The minimum absolute atomic E-state index is 0.215. The zero-order valence-corrected chi connectivity index (χ0v) is 17.4. The number of hydrogen-bond acceptors (Lipinski definition) is 4. The molecule has 2 aromatic rings.